The fraction of sp³-hybridized carbons (Fsp3) is 0.588. The first-order valence-electron chi connectivity index (χ1n) is 7.86. The van der Waals surface area contributed by atoms with E-state index >= 15 is 0 Å². The van der Waals surface area contributed by atoms with Crippen molar-refractivity contribution in [3.05, 3.63) is 35.4 Å². The van der Waals surface area contributed by atoms with Gasteiger partial charge in [0.15, 0.2) is 6.29 Å². The Labute approximate surface area is 127 Å². The molecule has 0 aromatic heterocycles. The maximum absolute atomic E-state index is 12.6. The Bertz CT molecular complexity index is 455. The average molecular weight is 291 g/mol. The topological polar surface area (TPSA) is 38.8 Å². The van der Waals surface area contributed by atoms with Gasteiger partial charge >= 0.3 is 0 Å². The number of fused-ring (bicyclic) bond motifs is 1. The number of carbonyl (C=O) groups excluding carboxylic acids is 1. The molecule has 116 valence electrons. The van der Waals surface area contributed by atoms with Gasteiger partial charge in [-0.1, -0.05) is 18.2 Å². The number of nitrogens with zero attached hydrogens (tertiary/aromatic N) is 1. The minimum atomic E-state index is -0.216. The van der Waals surface area contributed by atoms with Crippen LogP contribution >= 0.6 is 0 Å². The Morgan fingerprint density at radius 2 is 1.90 bits per heavy atom. The number of rotatable bonds is 7. The second-order valence-electron chi connectivity index (χ2n) is 5.18. The fourth-order valence-corrected chi connectivity index (χ4v) is 2.74. The lowest BCUT2D eigenvalue weighted by Crippen LogP contribution is -2.34. The van der Waals surface area contributed by atoms with Crippen molar-refractivity contribution in [1.82, 2.24) is 4.90 Å². The van der Waals surface area contributed by atoms with Gasteiger partial charge in [-0.3, -0.25) is 4.79 Å². The van der Waals surface area contributed by atoms with E-state index in [1.54, 1.807) is 0 Å². The van der Waals surface area contributed by atoms with Gasteiger partial charge in [-0.25, -0.2) is 0 Å². The highest BCUT2D eigenvalue weighted by atomic mass is 16.7. The molecule has 0 fully saturated rings. The van der Waals surface area contributed by atoms with E-state index in [9.17, 15) is 4.79 Å². The quantitative estimate of drug-likeness (QED) is 0.725. The van der Waals surface area contributed by atoms with Crippen molar-refractivity contribution in [3.63, 3.8) is 0 Å². The zero-order valence-corrected chi connectivity index (χ0v) is 13.0. The second-order valence-corrected chi connectivity index (χ2v) is 5.18. The maximum atomic E-state index is 12.6. The fourth-order valence-electron chi connectivity index (χ4n) is 2.74. The summed E-state index contributed by atoms with van der Waals surface area (Å²) < 4.78 is 11.1. The van der Waals surface area contributed by atoms with Crippen molar-refractivity contribution >= 4 is 5.91 Å². The molecule has 4 nitrogen and oxygen atoms in total. The van der Waals surface area contributed by atoms with E-state index < -0.39 is 0 Å². The van der Waals surface area contributed by atoms with Crippen LogP contribution in [0.4, 0.5) is 0 Å². The molecule has 1 amide bonds. The molecule has 0 spiro atoms. The SMILES string of the molecule is CCOC(CCN1CCCc2ccccc2C1=O)OCC. The summed E-state index contributed by atoms with van der Waals surface area (Å²) in [6.45, 7) is 6.65. The number of carbonyl (C=O) groups is 1. The Morgan fingerprint density at radius 1 is 1.19 bits per heavy atom. The Hall–Kier alpha value is -1.39. The third kappa shape index (κ3) is 4.29. The largest absolute Gasteiger partial charge is 0.353 e. The molecule has 0 radical (unpaired) electrons. The van der Waals surface area contributed by atoms with Gasteiger partial charge in [0, 0.05) is 38.3 Å². The summed E-state index contributed by atoms with van der Waals surface area (Å²) in [4.78, 5) is 14.5. The molecule has 4 heteroatoms. The standard InChI is InChI=1S/C17H25NO3/c1-3-20-16(21-4-2)11-13-18-12-7-9-14-8-5-6-10-15(14)17(18)19/h5-6,8,10,16H,3-4,7,9,11-13H2,1-2H3. The predicted octanol–water partition coefficient (Wildman–Crippen LogP) is 2.86. The molecule has 0 atom stereocenters. The van der Waals surface area contributed by atoms with E-state index in [0.29, 0.717) is 19.8 Å². The number of aryl methyl sites for hydroxylation is 1. The molecular formula is C17H25NO3. The first-order chi connectivity index (χ1) is 10.3. The highest BCUT2D eigenvalue weighted by molar-refractivity contribution is 5.96. The zero-order valence-electron chi connectivity index (χ0n) is 13.0. The molecule has 0 saturated carbocycles. The summed E-state index contributed by atoms with van der Waals surface area (Å²) in [5.74, 6) is 0.134. The van der Waals surface area contributed by atoms with E-state index in [1.165, 1.54) is 0 Å². The summed E-state index contributed by atoms with van der Waals surface area (Å²) >= 11 is 0. The summed E-state index contributed by atoms with van der Waals surface area (Å²) in [5.41, 5.74) is 2.01. The lowest BCUT2D eigenvalue weighted by molar-refractivity contribution is -0.140. The van der Waals surface area contributed by atoms with Crippen LogP contribution in [0.3, 0.4) is 0 Å². The van der Waals surface area contributed by atoms with Gasteiger partial charge in [-0.2, -0.15) is 0 Å². The zero-order chi connectivity index (χ0) is 15.1. The average Bonchev–Trinajstić information content (AvgIpc) is 2.65. The van der Waals surface area contributed by atoms with E-state index in [1.807, 2.05) is 36.9 Å². The van der Waals surface area contributed by atoms with Crippen LogP contribution < -0.4 is 0 Å². The number of hydrogen-bond donors (Lipinski definition) is 0. The molecule has 2 rings (SSSR count). The summed E-state index contributed by atoms with van der Waals surface area (Å²) in [5, 5.41) is 0. The lowest BCUT2D eigenvalue weighted by atomic mass is 10.0. The Morgan fingerprint density at radius 3 is 2.62 bits per heavy atom. The molecule has 21 heavy (non-hydrogen) atoms. The number of ether oxygens (including phenoxy) is 2. The van der Waals surface area contributed by atoms with Crippen LogP contribution in [0.2, 0.25) is 0 Å². The van der Waals surface area contributed by atoms with Crippen molar-refractivity contribution < 1.29 is 14.3 Å². The molecule has 1 aromatic rings. The van der Waals surface area contributed by atoms with Crippen LogP contribution in [-0.4, -0.2) is 43.4 Å². The van der Waals surface area contributed by atoms with Gasteiger partial charge in [0.05, 0.1) is 0 Å². The van der Waals surface area contributed by atoms with Crippen LogP contribution in [0.1, 0.15) is 42.6 Å². The summed E-state index contributed by atoms with van der Waals surface area (Å²) in [6.07, 6.45) is 2.48. The van der Waals surface area contributed by atoms with Crippen molar-refractivity contribution in [1.29, 1.82) is 0 Å². The van der Waals surface area contributed by atoms with E-state index in [4.69, 9.17) is 9.47 Å². The number of amides is 1. The molecule has 0 N–H and O–H groups in total. The molecule has 0 saturated heterocycles. The van der Waals surface area contributed by atoms with Crippen molar-refractivity contribution in [2.45, 2.75) is 39.4 Å². The van der Waals surface area contributed by atoms with Crippen molar-refractivity contribution in [2.75, 3.05) is 26.3 Å². The molecule has 1 aromatic carbocycles. The Kier molecular flexibility index (Phi) is 6.21. The highest BCUT2D eigenvalue weighted by Gasteiger charge is 2.22. The second kappa shape index (κ2) is 8.15. The Balaban J connectivity index is 1.99. The molecule has 1 aliphatic rings. The van der Waals surface area contributed by atoms with Gasteiger partial charge in [-0.05, 0) is 38.3 Å². The van der Waals surface area contributed by atoms with Crippen LogP contribution in [0.15, 0.2) is 24.3 Å². The van der Waals surface area contributed by atoms with Gasteiger partial charge in [0.1, 0.15) is 0 Å². The molecule has 1 heterocycles. The minimum absolute atomic E-state index is 0.134. The normalized spacial score (nSPS) is 15.2. The number of hydrogen-bond acceptors (Lipinski definition) is 3. The highest BCUT2D eigenvalue weighted by Crippen LogP contribution is 2.19. The van der Waals surface area contributed by atoms with Crippen LogP contribution in [0.5, 0.6) is 0 Å². The smallest absolute Gasteiger partial charge is 0.254 e. The van der Waals surface area contributed by atoms with Crippen LogP contribution in [0, 0.1) is 0 Å². The molecule has 0 unspecified atom stereocenters. The van der Waals surface area contributed by atoms with Crippen LogP contribution in [0.25, 0.3) is 0 Å². The van der Waals surface area contributed by atoms with E-state index in [-0.39, 0.29) is 12.2 Å². The predicted molar refractivity (Wildman–Crippen MR) is 82.3 cm³/mol. The molecule has 0 aliphatic carbocycles. The van der Waals surface area contributed by atoms with E-state index in [0.717, 1.165) is 36.9 Å². The third-order valence-corrected chi connectivity index (χ3v) is 3.75. The van der Waals surface area contributed by atoms with Crippen molar-refractivity contribution in [2.24, 2.45) is 0 Å². The van der Waals surface area contributed by atoms with Gasteiger partial charge in [0.2, 0.25) is 0 Å². The minimum Gasteiger partial charge on any atom is -0.353 e. The van der Waals surface area contributed by atoms with Crippen LogP contribution in [-0.2, 0) is 15.9 Å². The number of benzene rings is 1. The summed E-state index contributed by atoms with van der Waals surface area (Å²) in [6, 6.07) is 7.92. The first-order valence-corrected chi connectivity index (χ1v) is 7.86. The molecule has 1 aliphatic heterocycles. The lowest BCUT2D eigenvalue weighted by Gasteiger charge is -2.24. The van der Waals surface area contributed by atoms with Gasteiger partial charge in [-0.15, -0.1) is 0 Å². The van der Waals surface area contributed by atoms with Gasteiger partial charge in [0.25, 0.3) is 5.91 Å². The third-order valence-electron chi connectivity index (χ3n) is 3.75. The van der Waals surface area contributed by atoms with Crippen molar-refractivity contribution in [3.8, 4) is 0 Å². The maximum Gasteiger partial charge on any atom is 0.254 e. The first kappa shape index (κ1) is 16.0. The monoisotopic (exact) mass is 291 g/mol. The molecular weight excluding hydrogens is 266 g/mol. The van der Waals surface area contributed by atoms with E-state index in [2.05, 4.69) is 6.07 Å². The summed E-state index contributed by atoms with van der Waals surface area (Å²) in [7, 11) is 0. The molecule has 0 bridgehead atoms. The van der Waals surface area contributed by atoms with Gasteiger partial charge < -0.3 is 14.4 Å².